The minimum atomic E-state index is -3.06. The van der Waals surface area contributed by atoms with Crippen molar-refractivity contribution >= 4 is 67.4 Å². The van der Waals surface area contributed by atoms with Crippen molar-refractivity contribution in [3.63, 3.8) is 0 Å². The van der Waals surface area contributed by atoms with Crippen molar-refractivity contribution in [1.82, 2.24) is 10.2 Å². The predicted molar refractivity (Wildman–Crippen MR) is 99.4 cm³/mol. The maximum atomic E-state index is 12.4. The van der Waals surface area contributed by atoms with Gasteiger partial charge in [0.1, 0.15) is 10.9 Å². The molecule has 0 saturated carbocycles. The van der Waals surface area contributed by atoms with E-state index in [2.05, 4.69) is 5.32 Å². The van der Waals surface area contributed by atoms with Gasteiger partial charge in [-0.3, -0.25) is 14.5 Å². The molecule has 1 aromatic heterocycles. The van der Waals surface area contributed by atoms with E-state index in [0.29, 0.717) is 15.6 Å². The molecular weight excluding hydrogens is 388 g/mol. The lowest BCUT2D eigenvalue weighted by Crippen LogP contribution is -2.43. The number of nitrogens with one attached hydrogen (secondary N) is 1. The van der Waals surface area contributed by atoms with Crippen molar-refractivity contribution in [1.29, 1.82) is 0 Å². The van der Waals surface area contributed by atoms with Crippen molar-refractivity contribution in [2.45, 2.75) is 12.5 Å². The molecule has 2 aliphatic heterocycles. The van der Waals surface area contributed by atoms with Crippen molar-refractivity contribution in [3.8, 4) is 0 Å². The third-order valence-corrected chi connectivity index (χ3v) is 7.55. The summed E-state index contributed by atoms with van der Waals surface area (Å²) < 4.78 is 23.2. The molecule has 1 atom stereocenters. The van der Waals surface area contributed by atoms with Gasteiger partial charge >= 0.3 is 0 Å². The van der Waals surface area contributed by atoms with Crippen LogP contribution in [0.1, 0.15) is 11.3 Å². The number of thiophene rings is 1. The maximum Gasteiger partial charge on any atom is 0.266 e. The average molecular weight is 403 g/mol. The van der Waals surface area contributed by atoms with Gasteiger partial charge in [-0.15, -0.1) is 11.3 Å². The number of carbonyl (C=O) groups is 2. The van der Waals surface area contributed by atoms with Crippen LogP contribution in [0.4, 0.5) is 0 Å². The van der Waals surface area contributed by atoms with E-state index >= 15 is 0 Å². The van der Waals surface area contributed by atoms with E-state index in [9.17, 15) is 18.0 Å². The monoisotopic (exact) mass is 402 g/mol. The molecule has 0 spiro atoms. The van der Waals surface area contributed by atoms with Crippen molar-refractivity contribution < 1.29 is 18.0 Å². The molecule has 0 aromatic carbocycles. The molecule has 24 heavy (non-hydrogen) atoms. The summed E-state index contributed by atoms with van der Waals surface area (Å²) in [5.74, 6) is -0.656. The van der Waals surface area contributed by atoms with Gasteiger partial charge < -0.3 is 5.32 Å². The summed E-state index contributed by atoms with van der Waals surface area (Å²) in [4.78, 5) is 27.2. The smallest absolute Gasteiger partial charge is 0.266 e. The highest BCUT2D eigenvalue weighted by Crippen LogP contribution is 2.33. The summed E-state index contributed by atoms with van der Waals surface area (Å²) in [6.07, 6.45) is 2.16. The normalized spacial score (nSPS) is 24.8. The number of thioether (sulfide) groups is 1. The summed E-state index contributed by atoms with van der Waals surface area (Å²) in [6, 6.07) is 3.40. The SMILES string of the molecule is O=C(CN1C(=O)C(=Cc2cccs2)SC1=S)NC1CCS(=O)(=O)C1. The Bertz CT molecular complexity index is 814. The Hall–Kier alpha value is -1.23. The van der Waals surface area contributed by atoms with Crippen LogP contribution < -0.4 is 5.32 Å². The van der Waals surface area contributed by atoms with E-state index in [-0.39, 0.29) is 30.0 Å². The first-order valence-electron chi connectivity index (χ1n) is 7.13. The maximum absolute atomic E-state index is 12.4. The van der Waals surface area contributed by atoms with Crippen LogP contribution in [0.5, 0.6) is 0 Å². The standard InChI is InChI=1S/C14H14N2O4S4/c17-12(15-9-3-5-24(19,20)8-9)7-16-13(18)11(23-14(16)21)6-10-2-1-4-22-10/h1-2,4,6,9H,3,5,7-8H2,(H,15,17). The van der Waals surface area contributed by atoms with Gasteiger partial charge in [-0.25, -0.2) is 8.42 Å². The third-order valence-electron chi connectivity index (χ3n) is 3.59. The van der Waals surface area contributed by atoms with Gasteiger partial charge in [-0.2, -0.15) is 0 Å². The van der Waals surface area contributed by atoms with E-state index in [1.165, 1.54) is 16.2 Å². The molecule has 6 nitrogen and oxygen atoms in total. The van der Waals surface area contributed by atoms with E-state index < -0.39 is 15.7 Å². The van der Waals surface area contributed by atoms with Gasteiger partial charge in [0.25, 0.3) is 5.91 Å². The number of amides is 2. The molecule has 2 aliphatic rings. The average Bonchev–Trinajstić information content (AvgIpc) is 3.17. The number of thiocarbonyl (C=S) groups is 1. The summed E-state index contributed by atoms with van der Waals surface area (Å²) >= 11 is 7.86. The highest BCUT2D eigenvalue weighted by molar-refractivity contribution is 8.26. The lowest BCUT2D eigenvalue weighted by Gasteiger charge is -2.16. The van der Waals surface area contributed by atoms with Crippen LogP contribution in [0.3, 0.4) is 0 Å². The number of hydrogen-bond donors (Lipinski definition) is 1. The third kappa shape index (κ3) is 4.05. The fraction of sp³-hybridized carbons (Fsp3) is 0.357. The Morgan fingerprint density at radius 2 is 2.29 bits per heavy atom. The van der Waals surface area contributed by atoms with Gasteiger partial charge in [0.2, 0.25) is 5.91 Å². The zero-order valence-electron chi connectivity index (χ0n) is 12.4. The fourth-order valence-electron chi connectivity index (χ4n) is 2.46. The summed E-state index contributed by atoms with van der Waals surface area (Å²) in [5, 5.41) is 4.58. The lowest BCUT2D eigenvalue weighted by molar-refractivity contribution is -0.129. The van der Waals surface area contributed by atoms with Crippen LogP contribution in [0.15, 0.2) is 22.4 Å². The van der Waals surface area contributed by atoms with Gasteiger partial charge in [0, 0.05) is 10.9 Å². The minimum absolute atomic E-state index is 0.0462. The molecule has 1 unspecified atom stereocenters. The largest absolute Gasteiger partial charge is 0.351 e. The van der Waals surface area contributed by atoms with E-state index in [0.717, 1.165) is 16.6 Å². The Morgan fingerprint density at radius 3 is 2.92 bits per heavy atom. The molecule has 2 amide bonds. The van der Waals surface area contributed by atoms with Gasteiger partial charge in [0.15, 0.2) is 9.84 Å². The Morgan fingerprint density at radius 1 is 1.50 bits per heavy atom. The molecular formula is C14H14N2O4S4. The van der Waals surface area contributed by atoms with Gasteiger partial charge in [0.05, 0.1) is 16.4 Å². The summed E-state index contributed by atoms with van der Waals surface area (Å²) in [5.41, 5.74) is 0. The molecule has 2 fully saturated rings. The van der Waals surface area contributed by atoms with Gasteiger partial charge in [-0.05, 0) is 23.9 Å². The number of nitrogens with zero attached hydrogens (tertiary/aromatic N) is 1. The Labute approximate surface area is 153 Å². The highest BCUT2D eigenvalue weighted by atomic mass is 32.2. The van der Waals surface area contributed by atoms with E-state index in [4.69, 9.17) is 12.2 Å². The summed E-state index contributed by atoms with van der Waals surface area (Å²) in [6.45, 7) is -0.191. The molecule has 3 heterocycles. The number of sulfone groups is 1. The predicted octanol–water partition coefficient (Wildman–Crippen LogP) is 1.25. The van der Waals surface area contributed by atoms with Crippen molar-refractivity contribution in [3.05, 3.63) is 27.3 Å². The zero-order valence-corrected chi connectivity index (χ0v) is 15.7. The highest BCUT2D eigenvalue weighted by Gasteiger charge is 2.35. The van der Waals surface area contributed by atoms with Crippen LogP contribution in [0.25, 0.3) is 6.08 Å². The summed E-state index contributed by atoms with van der Waals surface area (Å²) in [7, 11) is -3.06. The lowest BCUT2D eigenvalue weighted by atomic mass is 10.2. The molecule has 0 aliphatic carbocycles. The van der Waals surface area contributed by atoms with Crippen LogP contribution >= 0.6 is 35.3 Å². The molecule has 1 N–H and O–H groups in total. The first kappa shape index (κ1) is 17.6. The number of carbonyl (C=O) groups excluding carboxylic acids is 2. The van der Waals surface area contributed by atoms with Crippen molar-refractivity contribution in [2.24, 2.45) is 0 Å². The number of rotatable bonds is 4. The molecule has 0 bridgehead atoms. The van der Waals surface area contributed by atoms with Crippen molar-refractivity contribution in [2.75, 3.05) is 18.1 Å². The Balaban J connectivity index is 1.62. The number of hydrogen-bond acceptors (Lipinski definition) is 7. The topological polar surface area (TPSA) is 83.6 Å². The molecule has 1 aromatic rings. The molecule has 0 radical (unpaired) electrons. The minimum Gasteiger partial charge on any atom is -0.351 e. The quantitative estimate of drug-likeness (QED) is 0.603. The second kappa shape index (κ2) is 6.95. The Kier molecular flexibility index (Phi) is 5.09. The van der Waals surface area contributed by atoms with Crippen LogP contribution in [0, 0.1) is 0 Å². The van der Waals surface area contributed by atoms with E-state index in [1.807, 2.05) is 17.5 Å². The van der Waals surface area contributed by atoms with Crippen LogP contribution in [0.2, 0.25) is 0 Å². The van der Waals surface area contributed by atoms with Gasteiger partial charge in [-0.1, -0.05) is 30.0 Å². The second-order valence-electron chi connectivity index (χ2n) is 5.45. The zero-order chi connectivity index (χ0) is 17.3. The fourth-order valence-corrected chi connectivity index (χ4v) is 6.12. The molecule has 128 valence electrons. The van der Waals surface area contributed by atoms with Crippen LogP contribution in [-0.2, 0) is 19.4 Å². The first-order valence-corrected chi connectivity index (χ1v) is 11.1. The molecule has 2 saturated heterocycles. The second-order valence-corrected chi connectivity index (χ2v) is 10.3. The molecule has 3 rings (SSSR count). The van der Waals surface area contributed by atoms with Crippen LogP contribution in [-0.4, -0.2) is 53.5 Å². The molecule has 10 heteroatoms. The van der Waals surface area contributed by atoms with E-state index in [1.54, 1.807) is 6.08 Å². The first-order chi connectivity index (χ1) is 11.3.